The van der Waals surface area contributed by atoms with Crippen LogP contribution in [0.1, 0.15) is 50.2 Å². The number of sulfonamides is 1. The zero-order valence-electron chi connectivity index (χ0n) is 24.6. The Hall–Kier alpha value is -4.06. The van der Waals surface area contributed by atoms with Crippen molar-refractivity contribution >= 4 is 27.5 Å². The lowest BCUT2D eigenvalue weighted by Crippen LogP contribution is -2.53. The third-order valence-electron chi connectivity index (χ3n) is 7.68. The van der Waals surface area contributed by atoms with Crippen molar-refractivity contribution < 1.29 is 35.9 Å². The highest BCUT2D eigenvalue weighted by molar-refractivity contribution is 7.92. The van der Waals surface area contributed by atoms with Crippen molar-refractivity contribution in [2.24, 2.45) is 0 Å². The molecule has 8 nitrogen and oxygen atoms in total. The van der Waals surface area contributed by atoms with Crippen LogP contribution in [0.25, 0.3) is 0 Å². The summed E-state index contributed by atoms with van der Waals surface area (Å²) >= 11 is 0. The minimum absolute atomic E-state index is 0.0347. The first-order valence-corrected chi connectivity index (χ1v) is 15.8. The Morgan fingerprint density at radius 2 is 1.64 bits per heavy atom. The Balaban J connectivity index is 1.72. The van der Waals surface area contributed by atoms with E-state index in [1.54, 1.807) is 37.3 Å². The summed E-state index contributed by atoms with van der Waals surface area (Å²) in [4.78, 5) is 28.5. The molecule has 0 radical (unpaired) electrons. The molecule has 0 aliphatic heterocycles. The van der Waals surface area contributed by atoms with E-state index in [9.17, 15) is 31.2 Å². The molecule has 0 unspecified atom stereocenters. The van der Waals surface area contributed by atoms with Gasteiger partial charge in [-0.1, -0.05) is 55.7 Å². The van der Waals surface area contributed by atoms with E-state index in [0.717, 1.165) is 44.2 Å². The zero-order valence-corrected chi connectivity index (χ0v) is 25.4. The zero-order chi connectivity index (χ0) is 31.9. The van der Waals surface area contributed by atoms with Gasteiger partial charge in [-0.15, -0.1) is 0 Å². The lowest BCUT2D eigenvalue weighted by Gasteiger charge is -2.33. The number of nitrogens with one attached hydrogen (secondary N) is 1. The monoisotopic (exact) mass is 631 g/mol. The fourth-order valence-electron chi connectivity index (χ4n) is 5.20. The molecule has 0 aromatic heterocycles. The summed E-state index contributed by atoms with van der Waals surface area (Å²) in [6, 6.07) is 16.8. The van der Waals surface area contributed by atoms with Crippen LogP contribution in [-0.4, -0.2) is 50.9 Å². The van der Waals surface area contributed by atoms with Crippen LogP contribution < -0.4 is 14.4 Å². The smallest absolute Gasteiger partial charge is 0.416 e. The van der Waals surface area contributed by atoms with Gasteiger partial charge in [-0.25, -0.2) is 8.42 Å². The van der Waals surface area contributed by atoms with Crippen LogP contribution in [0.2, 0.25) is 0 Å². The van der Waals surface area contributed by atoms with E-state index in [1.165, 1.54) is 42.3 Å². The van der Waals surface area contributed by atoms with E-state index in [4.69, 9.17) is 4.74 Å². The van der Waals surface area contributed by atoms with E-state index in [0.29, 0.717) is 21.7 Å². The second-order valence-electron chi connectivity index (χ2n) is 10.8. The third kappa shape index (κ3) is 8.10. The van der Waals surface area contributed by atoms with Crippen molar-refractivity contribution in [3.05, 3.63) is 90.0 Å². The molecule has 0 spiro atoms. The highest BCUT2D eigenvalue weighted by Crippen LogP contribution is 2.33. The number of anilines is 1. The normalized spacial score (nSPS) is 14.8. The second kappa shape index (κ2) is 14.1. The summed E-state index contributed by atoms with van der Waals surface area (Å²) in [6.45, 7) is 0.636. The van der Waals surface area contributed by atoms with Crippen LogP contribution in [-0.2, 0) is 32.3 Å². The maximum absolute atomic E-state index is 14.1. The molecular weight excluding hydrogens is 595 g/mol. The number of hydrogen-bond acceptors (Lipinski definition) is 5. The first kappa shape index (κ1) is 32.8. The van der Waals surface area contributed by atoms with Gasteiger partial charge in [0.25, 0.3) is 10.0 Å². The van der Waals surface area contributed by atoms with Gasteiger partial charge in [0.2, 0.25) is 11.8 Å². The lowest BCUT2D eigenvalue weighted by atomic mass is 9.95. The number of halogens is 3. The van der Waals surface area contributed by atoms with Gasteiger partial charge in [-0.05, 0) is 67.8 Å². The molecule has 1 atom stereocenters. The highest BCUT2D eigenvalue weighted by Gasteiger charge is 2.35. The summed E-state index contributed by atoms with van der Waals surface area (Å²) in [7, 11) is -3.01. The number of nitrogens with zero attached hydrogens (tertiary/aromatic N) is 2. The van der Waals surface area contributed by atoms with Gasteiger partial charge in [-0.3, -0.25) is 13.9 Å². The maximum Gasteiger partial charge on any atom is 0.416 e. The van der Waals surface area contributed by atoms with Gasteiger partial charge in [0.1, 0.15) is 18.3 Å². The van der Waals surface area contributed by atoms with Crippen LogP contribution in [0.15, 0.2) is 83.8 Å². The topological polar surface area (TPSA) is 96.0 Å². The van der Waals surface area contributed by atoms with Crippen molar-refractivity contribution in [1.82, 2.24) is 10.2 Å². The molecule has 44 heavy (non-hydrogen) atoms. The Morgan fingerprint density at radius 1 is 0.955 bits per heavy atom. The maximum atomic E-state index is 14.1. The predicted molar refractivity (Wildman–Crippen MR) is 160 cm³/mol. The summed E-state index contributed by atoms with van der Waals surface area (Å²) in [5.74, 6) is -0.646. The predicted octanol–water partition coefficient (Wildman–Crippen LogP) is 5.78. The molecule has 0 saturated heterocycles. The summed E-state index contributed by atoms with van der Waals surface area (Å²) in [5, 5.41) is 3.01. The first-order chi connectivity index (χ1) is 20.9. The Labute approximate surface area is 255 Å². The molecule has 0 bridgehead atoms. The molecule has 4 rings (SSSR count). The second-order valence-corrected chi connectivity index (χ2v) is 12.6. The third-order valence-corrected chi connectivity index (χ3v) is 9.47. The average Bonchev–Trinajstić information content (AvgIpc) is 3.02. The van der Waals surface area contributed by atoms with E-state index in [-0.39, 0.29) is 23.2 Å². The SMILES string of the molecule is COc1cccc(CN(C(=O)CN(c2cccc(C(F)(F)F)c2)S(=O)(=O)c2ccccc2)[C@@H](C)C(=O)NC2CCCCC2)c1. The fraction of sp³-hybridized carbons (Fsp3) is 0.375. The highest BCUT2D eigenvalue weighted by atomic mass is 32.2. The minimum atomic E-state index is -4.74. The van der Waals surface area contributed by atoms with Crippen LogP contribution >= 0.6 is 0 Å². The molecule has 1 fully saturated rings. The standard InChI is InChI=1S/C32H36F3N3O5S/c1-23(31(40)36-26-13-5-3-6-14-26)37(21-24-11-9-16-28(19-24)43-2)30(39)22-38(44(41,42)29-17-7-4-8-18-29)27-15-10-12-25(20-27)32(33,34)35/h4,7-12,15-20,23,26H,3,5-6,13-14,21-22H2,1-2H3,(H,36,40)/t23-/m0/s1. The largest absolute Gasteiger partial charge is 0.497 e. The average molecular weight is 632 g/mol. The number of carbonyl (C=O) groups excluding carboxylic acids is 2. The number of rotatable bonds is 11. The van der Waals surface area contributed by atoms with Gasteiger partial charge in [-0.2, -0.15) is 13.2 Å². The van der Waals surface area contributed by atoms with Crippen molar-refractivity contribution in [3.63, 3.8) is 0 Å². The van der Waals surface area contributed by atoms with Crippen LogP contribution in [0.4, 0.5) is 18.9 Å². The van der Waals surface area contributed by atoms with E-state index in [1.807, 2.05) is 0 Å². The molecule has 1 aliphatic rings. The molecular formula is C32H36F3N3O5S. The van der Waals surface area contributed by atoms with Crippen LogP contribution in [0.5, 0.6) is 5.75 Å². The number of hydrogen-bond donors (Lipinski definition) is 1. The quantitative estimate of drug-likeness (QED) is 0.290. The number of carbonyl (C=O) groups is 2. The number of alkyl halides is 3. The van der Waals surface area contributed by atoms with Gasteiger partial charge in [0, 0.05) is 12.6 Å². The number of ether oxygens (including phenoxy) is 1. The van der Waals surface area contributed by atoms with Crippen molar-refractivity contribution in [1.29, 1.82) is 0 Å². The summed E-state index contributed by atoms with van der Waals surface area (Å²) < 4.78 is 74.5. The lowest BCUT2D eigenvalue weighted by molar-refractivity contribution is -0.139. The molecule has 236 valence electrons. The number of benzene rings is 3. The Morgan fingerprint density at radius 3 is 2.30 bits per heavy atom. The summed E-state index contributed by atoms with van der Waals surface area (Å²) in [6.07, 6.45) is -0.0536. The van der Waals surface area contributed by atoms with Gasteiger partial charge < -0.3 is 15.0 Å². The molecule has 1 N–H and O–H groups in total. The van der Waals surface area contributed by atoms with Gasteiger partial charge in [0.15, 0.2) is 0 Å². The Kier molecular flexibility index (Phi) is 10.6. The molecule has 2 amide bonds. The molecule has 1 aliphatic carbocycles. The number of amides is 2. The van der Waals surface area contributed by atoms with Gasteiger partial charge >= 0.3 is 6.18 Å². The summed E-state index contributed by atoms with van der Waals surface area (Å²) in [5.41, 5.74) is -0.784. The molecule has 3 aromatic carbocycles. The molecule has 1 saturated carbocycles. The molecule has 12 heteroatoms. The van der Waals surface area contributed by atoms with Crippen LogP contribution in [0, 0.1) is 0 Å². The minimum Gasteiger partial charge on any atom is -0.497 e. The first-order valence-electron chi connectivity index (χ1n) is 14.4. The molecule has 0 heterocycles. The number of methoxy groups -OCH3 is 1. The van der Waals surface area contributed by atoms with E-state index < -0.39 is 46.2 Å². The van der Waals surface area contributed by atoms with Crippen molar-refractivity contribution in [3.8, 4) is 5.75 Å². The van der Waals surface area contributed by atoms with Crippen LogP contribution in [0.3, 0.4) is 0 Å². The van der Waals surface area contributed by atoms with Crippen molar-refractivity contribution in [2.75, 3.05) is 18.0 Å². The molecule has 3 aromatic rings. The fourth-order valence-corrected chi connectivity index (χ4v) is 6.63. The van der Waals surface area contributed by atoms with E-state index >= 15 is 0 Å². The van der Waals surface area contributed by atoms with E-state index in [2.05, 4.69) is 5.32 Å². The Bertz CT molecular complexity index is 1540. The van der Waals surface area contributed by atoms with Crippen molar-refractivity contribution in [2.45, 2.75) is 68.7 Å². The van der Waals surface area contributed by atoms with Gasteiger partial charge in [0.05, 0.1) is 23.3 Å².